The number of pyridine rings is 1. The third kappa shape index (κ3) is 5.53. The molecule has 1 aromatic carbocycles. The molecule has 1 atom stereocenters. The number of ether oxygens (including phenoxy) is 2. The van der Waals surface area contributed by atoms with E-state index in [1.165, 1.54) is 19.5 Å². The summed E-state index contributed by atoms with van der Waals surface area (Å²) in [4.78, 5) is 15.2. The molecule has 0 bridgehead atoms. The minimum Gasteiger partial charge on any atom is -0.489 e. The van der Waals surface area contributed by atoms with Crippen molar-refractivity contribution < 1.29 is 14.3 Å². The maximum absolute atomic E-state index is 11.3. The Hall–Kier alpha value is -1.53. The summed E-state index contributed by atoms with van der Waals surface area (Å²) in [5.74, 6) is 0.219. The molecule has 5 nitrogen and oxygen atoms in total. The molecule has 0 saturated carbocycles. The fourth-order valence-electron chi connectivity index (χ4n) is 1.94. The third-order valence-electron chi connectivity index (χ3n) is 3.22. The van der Waals surface area contributed by atoms with E-state index in [2.05, 4.69) is 9.72 Å². The SMILES string of the molecule is COC(=O)[C@@H](N)Cc1ccc(OCc2c(Cl)cncc2Cl)cc1.Cl. The van der Waals surface area contributed by atoms with Gasteiger partial charge in [-0.15, -0.1) is 12.4 Å². The highest BCUT2D eigenvalue weighted by molar-refractivity contribution is 6.35. The van der Waals surface area contributed by atoms with Gasteiger partial charge >= 0.3 is 5.97 Å². The van der Waals surface area contributed by atoms with Crippen LogP contribution in [-0.2, 0) is 22.6 Å². The van der Waals surface area contributed by atoms with Crippen molar-refractivity contribution in [3.05, 3.63) is 57.8 Å². The Kier molecular flexibility index (Phi) is 8.28. The Bertz CT molecular complexity index is 661. The third-order valence-corrected chi connectivity index (χ3v) is 3.87. The number of benzene rings is 1. The first-order valence-corrected chi connectivity index (χ1v) is 7.60. The summed E-state index contributed by atoms with van der Waals surface area (Å²) in [5.41, 5.74) is 7.32. The number of hydrogen-bond donors (Lipinski definition) is 1. The molecule has 2 rings (SSSR count). The normalized spacial score (nSPS) is 11.3. The maximum Gasteiger partial charge on any atom is 0.322 e. The average molecular weight is 392 g/mol. The van der Waals surface area contributed by atoms with Crippen molar-refractivity contribution in [1.82, 2.24) is 4.98 Å². The highest BCUT2D eigenvalue weighted by Gasteiger charge is 2.14. The summed E-state index contributed by atoms with van der Waals surface area (Å²) in [7, 11) is 1.31. The van der Waals surface area contributed by atoms with Crippen LogP contribution in [0.25, 0.3) is 0 Å². The van der Waals surface area contributed by atoms with E-state index in [-0.39, 0.29) is 19.0 Å². The van der Waals surface area contributed by atoms with Gasteiger partial charge in [-0.1, -0.05) is 35.3 Å². The van der Waals surface area contributed by atoms with Crippen LogP contribution in [-0.4, -0.2) is 24.1 Å². The van der Waals surface area contributed by atoms with E-state index in [1.807, 2.05) is 12.1 Å². The number of nitrogens with two attached hydrogens (primary N) is 1. The molecule has 2 aromatic rings. The number of aromatic nitrogens is 1. The summed E-state index contributed by atoms with van der Waals surface area (Å²) >= 11 is 12.1. The van der Waals surface area contributed by atoms with Crippen molar-refractivity contribution in [3.8, 4) is 5.75 Å². The van der Waals surface area contributed by atoms with E-state index >= 15 is 0 Å². The number of carbonyl (C=O) groups is 1. The molecule has 130 valence electrons. The predicted octanol–water partition coefficient (Wildman–Crippen LogP) is 3.43. The summed E-state index contributed by atoms with van der Waals surface area (Å²) in [6.07, 6.45) is 3.43. The molecule has 8 heteroatoms. The molecule has 0 aliphatic rings. The molecule has 0 unspecified atom stereocenters. The monoisotopic (exact) mass is 390 g/mol. The van der Waals surface area contributed by atoms with Crippen LogP contribution in [0, 0.1) is 0 Å². The van der Waals surface area contributed by atoms with Crippen molar-refractivity contribution >= 4 is 41.6 Å². The Morgan fingerprint density at radius 3 is 2.33 bits per heavy atom. The lowest BCUT2D eigenvalue weighted by Gasteiger charge is -2.11. The zero-order valence-corrected chi connectivity index (χ0v) is 15.2. The van der Waals surface area contributed by atoms with Crippen molar-refractivity contribution in [2.24, 2.45) is 5.73 Å². The molecule has 0 spiro atoms. The van der Waals surface area contributed by atoms with E-state index in [1.54, 1.807) is 12.1 Å². The molecular formula is C16H17Cl3N2O3. The van der Waals surface area contributed by atoms with Gasteiger partial charge in [0.05, 0.1) is 17.2 Å². The van der Waals surface area contributed by atoms with E-state index in [0.717, 1.165) is 5.56 Å². The molecule has 1 heterocycles. The molecule has 0 saturated heterocycles. The number of halogens is 3. The number of nitrogens with zero attached hydrogens (tertiary/aromatic N) is 1. The second kappa shape index (κ2) is 9.69. The Labute approximate surface area is 156 Å². The van der Waals surface area contributed by atoms with Crippen LogP contribution in [0.5, 0.6) is 5.75 Å². The van der Waals surface area contributed by atoms with Gasteiger partial charge in [-0.3, -0.25) is 9.78 Å². The van der Waals surface area contributed by atoms with Crippen molar-refractivity contribution in [2.45, 2.75) is 19.1 Å². The van der Waals surface area contributed by atoms with Crippen LogP contribution in [0.15, 0.2) is 36.7 Å². The van der Waals surface area contributed by atoms with E-state index < -0.39 is 12.0 Å². The van der Waals surface area contributed by atoms with E-state index in [9.17, 15) is 4.79 Å². The molecule has 0 fully saturated rings. The van der Waals surface area contributed by atoms with Crippen LogP contribution in [0.1, 0.15) is 11.1 Å². The molecule has 0 amide bonds. The molecule has 0 aliphatic carbocycles. The summed E-state index contributed by atoms with van der Waals surface area (Å²) in [6, 6.07) is 6.59. The predicted molar refractivity (Wildman–Crippen MR) is 96.0 cm³/mol. The van der Waals surface area contributed by atoms with Crippen LogP contribution < -0.4 is 10.5 Å². The number of esters is 1. The van der Waals surface area contributed by atoms with Crippen LogP contribution in [0.3, 0.4) is 0 Å². The molecule has 1 aromatic heterocycles. The first kappa shape index (κ1) is 20.5. The molecular weight excluding hydrogens is 375 g/mol. The topological polar surface area (TPSA) is 74.4 Å². The number of rotatable bonds is 6. The summed E-state index contributed by atoms with van der Waals surface area (Å²) < 4.78 is 10.3. The van der Waals surface area contributed by atoms with Gasteiger partial charge in [0.25, 0.3) is 0 Å². The second-order valence-corrected chi connectivity index (χ2v) is 5.66. The highest BCUT2D eigenvalue weighted by atomic mass is 35.5. The van der Waals surface area contributed by atoms with Crippen molar-refractivity contribution in [3.63, 3.8) is 0 Å². The summed E-state index contributed by atoms with van der Waals surface area (Å²) in [5, 5.41) is 0.913. The number of hydrogen-bond acceptors (Lipinski definition) is 5. The van der Waals surface area contributed by atoms with E-state index in [0.29, 0.717) is 27.8 Å². The quantitative estimate of drug-likeness (QED) is 0.764. The largest absolute Gasteiger partial charge is 0.489 e. The van der Waals surface area contributed by atoms with Crippen molar-refractivity contribution in [2.75, 3.05) is 7.11 Å². The van der Waals surface area contributed by atoms with Gasteiger partial charge in [-0.25, -0.2) is 0 Å². The lowest BCUT2D eigenvalue weighted by atomic mass is 10.1. The lowest BCUT2D eigenvalue weighted by molar-refractivity contribution is -0.142. The molecule has 2 N–H and O–H groups in total. The van der Waals surface area contributed by atoms with Crippen LogP contribution >= 0.6 is 35.6 Å². The van der Waals surface area contributed by atoms with Gasteiger partial charge < -0.3 is 15.2 Å². The standard InChI is InChI=1S/C16H16Cl2N2O3.ClH/c1-22-16(21)15(19)6-10-2-4-11(5-3-10)23-9-12-13(17)7-20-8-14(12)18;/h2-5,7-8,15H,6,9,19H2,1H3;1H/t15-;/m0./s1. The van der Waals surface area contributed by atoms with Gasteiger partial charge in [0, 0.05) is 18.0 Å². The van der Waals surface area contributed by atoms with Gasteiger partial charge in [0.1, 0.15) is 18.4 Å². The average Bonchev–Trinajstić information content (AvgIpc) is 2.55. The number of methoxy groups -OCH3 is 1. The Balaban J connectivity index is 0.00000288. The molecule has 24 heavy (non-hydrogen) atoms. The maximum atomic E-state index is 11.3. The number of carbonyl (C=O) groups excluding carboxylic acids is 1. The fraction of sp³-hybridized carbons (Fsp3) is 0.250. The minimum atomic E-state index is -0.679. The molecule has 0 radical (unpaired) electrons. The van der Waals surface area contributed by atoms with Gasteiger partial charge in [0.2, 0.25) is 0 Å². The van der Waals surface area contributed by atoms with Gasteiger partial charge in [-0.2, -0.15) is 0 Å². The first-order chi connectivity index (χ1) is 11.0. The highest BCUT2D eigenvalue weighted by Crippen LogP contribution is 2.24. The summed E-state index contributed by atoms with van der Waals surface area (Å²) in [6.45, 7) is 0.237. The van der Waals surface area contributed by atoms with Crippen molar-refractivity contribution in [1.29, 1.82) is 0 Å². The second-order valence-electron chi connectivity index (χ2n) is 4.85. The smallest absolute Gasteiger partial charge is 0.322 e. The lowest BCUT2D eigenvalue weighted by Crippen LogP contribution is -2.33. The zero-order valence-electron chi connectivity index (χ0n) is 12.9. The Morgan fingerprint density at radius 2 is 1.79 bits per heavy atom. The van der Waals surface area contributed by atoms with Crippen LogP contribution in [0.4, 0.5) is 0 Å². The zero-order chi connectivity index (χ0) is 16.8. The first-order valence-electron chi connectivity index (χ1n) is 6.84. The van der Waals surface area contributed by atoms with Gasteiger partial charge in [0.15, 0.2) is 0 Å². The minimum absolute atomic E-state index is 0. The van der Waals surface area contributed by atoms with Gasteiger partial charge in [-0.05, 0) is 24.1 Å². The molecule has 0 aliphatic heterocycles. The van der Waals surface area contributed by atoms with Crippen LogP contribution in [0.2, 0.25) is 10.0 Å². The Morgan fingerprint density at radius 1 is 1.21 bits per heavy atom. The van der Waals surface area contributed by atoms with E-state index in [4.69, 9.17) is 33.7 Å². The fourth-order valence-corrected chi connectivity index (χ4v) is 2.42.